The van der Waals surface area contributed by atoms with E-state index in [1.165, 1.54) is 6.20 Å². The zero-order valence-corrected chi connectivity index (χ0v) is 16.9. The number of halogens is 1. The van der Waals surface area contributed by atoms with Crippen molar-refractivity contribution in [2.45, 2.75) is 44.8 Å². The predicted octanol–water partition coefficient (Wildman–Crippen LogP) is 2.31. The maximum absolute atomic E-state index is 12.9. The van der Waals surface area contributed by atoms with Crippen molar-refractivity contribution in [3.8, 4) is 6.07 Å². The van der Waals surface area contributed by atoms with E-state index in [-0.39, 0.29) is 17.6 Å². The Labute approximate surface area is 166 Å². The van der Waals surface area contributed by atoms with E-state index in [1.54, 1.807) is 6.92 Å². The SMILES string of the molecule is C[C@H](NC(=O)c1cnc(C#N)c(Br)c1N1CC[C@](C)(OC(N)=O)C1)C1CC1. The van der Waals surface area contributed by atoms with Gasteiger partial charge in [-0.2, -0.15) is 5.26 Å². The highest BCUT2D eigenvalue weighted by atomic mass is 79.9. The van der Waals surface area contributed by atoms with Crippen LogP contribution in [0, 0.1) is 17.2 Å². The number of anilines is 1. The first kappa shape index (κ1) is 19.4. The Balaban J connectivity index is 1.91. The molecule has 1 aliphatic heterocycles. The number of hydrogen-bond donors (Lipinski definition) is 2. The van der Waals surface area contributed by atoms with Crippen molar-refractivity contribution >= 4 is 33.6 Å². The minimum atomic E-state index is -0.831. The lowest BCUT2D eigenvalue weighted by Crippen LogP contribution is -2.38. The second kappa shape index (κ2) is 7.35. The number of nitriles is 1. The number of nitrogens with two attached hydrogens (primary N) is 1. The Hall–Kier alpha value is -2.34. The van der Waals surface area contributed by atoms with Crippen LogP contribution in [-0.4, -0.2) is 41.7 Å². The normalized spacial score (nSPS) is 22.8. The van der Waals surface area contributed by atoms with Gasteiger partial charge in [-0.3, -0.25) is 4.79 Å². The predicted molar refractivity (Wildman–Crippen MR) is 102 cm³/mol. The van der Waals surface area contributed by atoms with E-state index in [0.717, 1.165) is 12.8 Å². The molecule has 0 bridgehead atoms. The van der Waals surface area contributed by atoms with E-state index in [9.17, 15) is 14.9 Å². The molecule has 0 radical (unpaired) electrons. The molecule has 2 fully saturated rings. The molecule has 1 saturated heterocycles. The third kappa shape index (κ3) is 4.16. The summed E-state index contributed by atoms with van der Waals surface area (Å²) in [7, 11) is 0. The topological polar surface area (TPSA) is 121 Å². The fourth-order valence-electron chi connectivity index (χ4n) is 3.48. The lowest BCUT2D eigenvalue weighted by Gasteiger charge is -2.27. The molecule has 2 heterocycles. The van der Waals surface area contributed by atoms with Crippen LogP contribution in [0.4, 0.5) is 10.5 Å². The quantitative estimate of drug-likeness (QED) is 0.731. The van der Waals surface area contributed by atoms with E-state index in [1.807, 2.05) is 17.9 Å². The molecule has 0 spiro atoms. The number of nitrogens with one attached hydrogen (secondary N) is 1. The van der Waals surface area contributed by atoms with Gasteiger partial charge in [0.2, 0.25) is 0 Å². The van der Waals surface area contributed by atoms with E-state index in [2.05, 4.69) is 26.2 Å². The van der Waals surface area contributed by atoms with Crippen molar-refractivity contribution in [3.63, 3.8) is 0 Å². The summed E-state index contributed by atoms with van der Waals surface area (Å²) in [6, 6.07) is 2.11. The Morgan fingerprint density at radius 2 is 2.26 bits per heavy atom. The molecule has 0 aromatic carbocycles. The van der Waals surface area contributed by atoms with E-state index >= 15 is 0 Å². The molecule has 0 unspecified atom stereocenters. The summed E-state index contributed by atoms with van der Waals surface area (Å²) in [5.41, 5.74) is 5.59. The van der Waals surface area contributed by atoms with Gasteiger partial charge in [0.25, 0.3) is 5.91 Å². The average molecular weight is 436 g/mol. The first-order valence-corrected chi connectivity index (χ1v) is 9.66. The third-order valence-corrected chi connectivity index (χ3v) is 5.88. The fourth-order valence-corrected chi connectivity index (χ4v) is 4.13. The molecule has 1 saturated carbocycles. The summed E-state index contributed by atoms with van der Waals surface area (Å²) in [5, 5.41) is 12.3. The number of amides is 2. The highest BCUT2D eigenvalue weighted by Gasteiger charge is 2.39. The minimum Gasteiger partial charge on any atom is -0.441 e. The summed E-state index contributed by atoms with van der Waals surface area (Å²) >= 11 is 3.43. The van der Waals surface area contributed by atoms with Gasteiger partial charge in [0.15, 0.2) is 5.69 Å². The second-order valence-electron chi connectivity index (χ2n) is 7.44. The van der Waals surface area contributed by atoms with E-state index in [0.29, 0.717) is 41.2 Å². The van der Waals surface area contributed by atoms with Gasteiger partial charge in [-0.1, -0.05) is 0 Å². The maximum Gasteiger partial charge on any atom is 0.405 e. The monoisotopic (exact) mass is 435 g/mol. The molecule has 2 amide bonds. The zero-order chi connectivity index (χ0) is 19.8. The number of carbonyl (C=O) groups excluding carboxylic acids is 2. The Morgan fingerprint density at radius 3 is 2.85 bits per heavy atom. The van der Waals surface area contributed by atoms with E-state index in [4.69, 9.17) is 10.5 Å². The number of rotatable bonds is 5. The molecule has 3 N–H and O–H groups in total. The van der Waals surface area contributed by atoms with Gasteiger partial charge < -0.3 is 20.7 Å². The molecule has 2 atom stereocenters. The number of aromatic nitrogens is 1. The Kier molecular flexibility index (Phi) is 5.29. The number of hydrogen-bond acceptors (Lipinski definition) is 6. The highest BCUT2D eigenvalue weighted by Crippen LogP contribution is 2.38. The number of ether oxygens (including phenoxy) is 1. The molecule has 1 aromatic rings. The molecule has 3 rings (SSSR count). The number of nitrogens with zero attached hydrogens (tertiary/aromatic N) is 3. The molecule has 1 aliphatic carbocycles. The van der Waals surface area contributed by atoms with Crippen LogP contribution in [0.5, 0.6) is 0 Å². The van der Waals surface area contributed by atoms with Gasteiger partial charge in [0, 0.05) is 25.2 Å². The summed E-state index contributed by atoms with van der Waals surface area (Å²) in [6.45, 7) is 4.71. The van der Waals surface area contributed by atoms with Gasteiger partial charge in [0.1, 0.15) is 11.7 Å². The zero-order valence-electron chi connectivity index (χ0n) is 15.3. The summed E-state index contributed by atoms with van der Waals surface area (Å²) in [6.07, 6.45) is 3.41. The van der Waals surface area contributed by atoms with Gasteiger partial charge in [-0.15, -0.1) is 0 Å². The van der Waals surface area contributed by atoms with Crippen LogP contribution in [0.1, 0.15) is 49.2 Å². The van der Waals surface area contributed by atoms with Crippen molar-refractivity contribution in [1.82, 2.24) is 10.3 Å². The fraction of sp³-hybridized carbons (Fsp3) is 0.556. The van der Waals surface area contributed by atoms with Gasteiger partial charge >= 0.3 is 6.09 Å². The highest BCUT2D eigenvalue weighted by molar-refractivity contribution is 9.10. The number of pyridine rings is 1. The maximum atomic E-state index is 12.9. The standard InChI is InChI=1S/C18H22BrN5O3/c1-10(11-3-4-11)23-16(25)12-8-22-13(7-20)14(19)15(12)24-6-5-18(2,9-24)27-17(21)26/h8,10-11H,3-6,9H2,1-2H3,(H2,21,26)(H,23,25)/t10-,18-/m0/s1. The Bertz CT molecular complexity index is 820. The summed E-state index contributed by atoms with van der Waals surface area (Å²) < 4.78 is 5.71. The third-order valence-electron chi connectivity index (χ3n) is 5.13. The van der Waals surface area contributed by atoms with Crippen LogP contribution in [0.2, 0.25) is 0 Å². The van der Waals surface area contributed by atoms with Crippen LogP contribution in [0.3, 0.4) is 0 Å². The van der Waals surface area contributed by atoms with Gasteiger partial charge in [-0.05, 0) is 48.5 Å². The van der Waals surface area contributed by atoms with Crippen molar-refractivity contribution in [2.75, 3.05) is 18.0 Å². The molecular weight excluding hydrogens is 414 g/mol. The van der Waals surface area contributed by atoms with Crippen molar-refractivity contribution in [2.24, 2.45) is 11.7 Å². The lowest BCUT2D eigenvalue weighted by molar-refractivity contribution is 0.0480. The van der Waals surface area contributed by atoms with Crippen LogP contribution >= 0.6 is 15.9 Å². The van der Waals surface area contributed by atoms with Crippen molar-refractivity contribution in [1.29, 1.82) is 5.26 Å². The van der Waals surface area contributed by atoms with Gasteiger partial charge in [-0.25, -0.2) is 9.78 Å². The Morgan fingerprint density at radius 1 is 1.56 bits per heavy atom. The number of carbonyl (C=O) groups is 2. The largest absolute Gasteiger partial charge is 0.441 e. The van der Waals surface area contributed by atoms with Gasteiger partial charge in [0.05, 0.1) is 22.3 Å². The minimum absolute atomic E-state index is 0.0850. The number of primary amides is 1. The van der Waals surface area contributed by atoms with Crippen LogP contribution in [0.25, 0.3) is 0 Å². The first-order chi connectivity index (χ1) is 12.7. The second-order valence-corrected chi connectivity index (χ2v) is 8.23. The van der Waals surface area contributed by atoms with E-state index < -0.39 is 11.7 Å². The van der Waals surface area contributed by atoms with Crippen LogP contribution in [-0.2, 0) is 4.74 Å². The molecule has 27 heavy (non-hydrogen) atoms. The summed E-state index contributed by atoms with van der Waals surface area (Å²) in [5.74, 6) is 0.290. The first-order valence-electron chi connectivity index (χ1n) is 8.87. The molecule has 144 valence electrons. The molecule has 9 heteroatoms. The van der Waals surface area contributed by atoms with Crippen LogP contribution < -0.4 is 16.0 Å². The smallest absolute Gasteiger partial charge is 0.405 e. The molecule has 8 nitrogen and oxygen atoms in total. The molecular formula is C18H22BrN5O3. The van der Waals surface area contributed by atoms with Crippen LogP contribution in [0.15, 0.2) is 10.7 Å². The summed E-state index contributed by atoms with van der Waals surface area (Å²) in [4.78, 5) is 30.1. The molecule has 1 aromatic heterocycles. The average Bonchev–Trinajstić information content (AvgIpc) is 3.37. The van der Waals surface area contributed by atoms with Crippen molar-refractivity contribution in [3.05, 3.63) is 21.9 Å². The lowest BCUT2D eigenvalue weighted by atomic mass is 10.1. The molecule has 2 aliphatic rings. The van der Waals surface area contributed by atoms with Crippen molar-refractivity contribution < 1.29 is 14.3 Å².